The SMILES string of the molecule is COc1ccc(F)cc1CCNC(=O)C(N)=O. The molecule has 6 heteroatoms. The number of ether oxygens (including phenoxy) is 1. The molecule has 0 aliphatic carbocycles. The van der Waals surface area contributed by atoms with Crippen LogP contribution in [0.5, 0.6) is 5.75 Å². The summed E-state index contributed by atoms with van der Waals surface area (Å²) in [6.07, 6.45) is 0.347. The maximum atomic E-state index is 13.0. The van der Waals surface area contributed by atoms with Gasteiger partial charge in [0.05, 0.1) is 7.11 Å². The van der Waals surface area contributed by atoms with Crippen LogP contribution < -0.4 is 15.8 Å². The van der Waals surface area contributed by atoms with Gasteiger partial charge in [0.1, 0.15) is 11.6 Å². The van der Waals surface area contributed by atoms with E-state index in [1.165, 1.54) is 25.3 Å². The molecule has 0 unspecified atom stereocenters. The van der Waals surface area contributed by atoms with Crippen molar-refractivity contribution in [2.45, 2.75) is 6.42 Å². The fourth-order valence-corrected chi connectivity index (χ4v) is 1.34. The number of primary amides is 1. The lowest BCUT2D eigenvalue weighted by Crippen LogP contribution is -2.37. The van der Waals surface area contributed by atoms with Crippen LogP contribution in [0.4, 0.5) is 4.39 Å². The van der Waals surface area contributed by atoms with Gasteiger partial charge in [0.2, 0.25) is 0 Å². The van der Waals surface area contributed by atoms with Gasteiger partial charge >= 0.3 is 11.8 Å². The monoisotopic (exact) mass is 240 g/mol. The number of hydrogen-bond acceptors (Lipinski definition) is 3. The standard InChI is InChI=1S/C11H13FN2O3/c1-17-9-3-2-8(12)6-7(9)4-5-14-11(16)10(13)15/h2-3,6H,4-5H2,1H3,(H2,13,15)(H,14,16). The number of carbonyl (C=O) groups excluding carboxylic acids is 2. The molecule has 0 aliphatic heterocycles. The second-order valence-corrected chi connectivity index (χ2v) is 3.33. The normalized spacial score (nSPS) is 9.76. The van der Waals surface area contributed by atoms with Gasteiger partial charge < -0.3 is 15.8 Å². The molecular formula is C11H13FN2O3. The lowest BCUT2D eigenvalue weighted by atomic mass is 10.1. The first-order valence-corrected chi connectivity index (χ1v) is 4.94. The van der Waals surface area contributed by atoms with Gasteiger partial charge in [-0.2, -0.15) is 0 Å². The molecule has 92 valence electrons. The molecule has 0 saturated heterocycles. The Morgan fingerprint density at radius 2 is 2.18 bits per heavy atom. The highest BCUT2D eigenvalue weighted by atomic mass is 19.1. The molecule has 0 aliphatic rings. The largest absolute Gasteiger partial charge is 0.496 e. The highest BCUT2D eigenvalue weighted by molar-refractivity contribution is 6.34. The van der Waals surface area contributed by atoms with Crippen molar-refractivity contribution in [3.63, 3.8) is 0 Å². The van der Waals surface area contributed by atoms with E-state index in [2.05, 4.69) is 5.32 Å². The van der Waals surface area contributed by atoms with Gasteiger partial charge in [-0.15, -0.1) is 0 Å². The molecule has 0 saturated carbocycles. The summed E-state index contributed by atoms with van der Waals surface area (Å²) in [5.41, 5.74) is 5.37. The van der Waals surface area contributed by atoms with Crippen molar-refractivity contribution in [3.05, 3.63) is 29.6 Å². The average Bonchev–Trinajstić information content (AvgIpc) is 2.29. The second-order valence-electron chi connectivity index (χ2n) is 3.33. The number of nitrogens with one attached hydrogen (secondary N) is 1. The van der Waals surface area contributed by atoms with Crippen LogP contribution >= 0.6 is 0 Å². The van der Waals surface area contributed by atoms with E-state index in [4.69, 9.17) is 10.5 Å². The Bertz CT molecular complexity index is 435. The molecule has 0 fully saturated rings. The summed E-state index contributed by atoms with van der Waals surface area (Å²) in [7, 11) is 1.47. The summed E-state index contributed by atoms with van der Waals surface area (Å²) in [6, 6.07) is 4.10. The fraction of sp³-hybridized carbons (Fsp3) is 0.273. The predicted molar refractivity (Wildman–Crippen MR) is 58.9 cm³/mol. The minimum absolute atomic E-state index is 0.182. The van der Waals surface area contributed by atoms with E-state index in [1.807, 2.05) is 0 Å². The van der Waals surface area contributed by atoms with E-state index < -0.39 is 11.8 Å². The van der Waals surface area contributed by atoms with Gasteiger partial charge in [-0.05, 0) is 30.2 Å². The van der Waals surface area contributed by atoms with Gasteiger partial charge in [-0.1, -0.05) is 0 Å². The van der Waals surface area contributed by atoms with E-state index in [-0.39, 0.29) is 12.4 Å². The highest BCUT2D eigenvalue weighted by Gasteiger charge is 2.09. The van der Waals surface area contributed by atoms with Crippen LogP contribution in [0.1, 0.15) is 5.56 Å². The lowest BCUT2D eigenvalue weighted by molar-refractivity contribution is -0.137. The number of rotatable bonds is 4. The van der Waals surface area contributed by atoms with Crippen LogP contribution in [-0.2, 0) is 16.0 Å². The molecule has 0 heterocycles. The number of carbonyl (C=O) groups is 2. The van der Waals surface area contributed by atoms with Crippen molar-refractivity contribution in [2.75, 3.05) is 13.7 Å². The van der Waals surface area contributed by atoms with Crippen molar-refractivity contribution in [1.82, 2.24) is 5.32 Å². The Balaban J connectivity index is 2.59. The highest BCUT2D eigenvalue weighted by Crippen LogP contribution is 2.19. The first-order chi connectivity index (χ1) is 8.04. The summed E-state index contributed by atoms with van der Waals surface area (Å²) >= 11 is 0. The van der Waals surface area contributed by atoms with Crippen LogP contribution in [0.25, 0.3) is 0 Å². The maximum Gasteiger partial charge on any atom is 0.309 e. The summed E-state index contributed by atoms with van der Waals surface area (Å²) in [6.45, 7) is 0.182. The van der Waals surface area contributed by atoms with Gasteiger partial charge in [0, 0.05) is 6.54 Å². The molecular weight excluding hydrogens is 227 g/mol. The summed E-state index contributed by atoms with van der Waals surface area (Å²) in [4.78, 5) is 21.3. The number of hydrogen-bond donors (Lipinski definition) is 2. The van der Waals surface area contributed by atoms with E-state index in [0.29, 0.717) is 17.7 Å². The Morgan fingerprint density at radius 1 is 1.47 bits per heavy atom. The summed E-state index contributed by atoms with van der Waals surface area (Å²) in [5, 5.41) is 2.31. The number of benzene rings is 1. The number of nitrogens with two attached hydrogens (primary N) is 1. The van der Waals surface area contributed by atoms with Crippen LogP contribution in [0, 0.1) is 5.82 Å². The van der Waals surface area contributed by atoms with Gasteiger partial charge in [0.25, 0.3) is 0 Å². The van der Waals surface area contributed by atoms with E-state index in [9.17, 15) is 14.0 Å². The zero-order chi connectivity index (χ0) is 12.8. The minimum atomic E-state index is -1.05. The third kappa shape index (κ3) is 3.75. The van der Waals surface area contributed by atoms with Gasteiger partial charge in [-0.25, -0.2) is 4.39 Å². The Kier molecular flexibility index (Phi) is 4.45. The number of methoxy groups -OCH3 is 1. The molecule has 5 nitrogen and oxygen atoms in total. The molecule has 17 heavy (non-hydrogen) atoms. The molecule has 0 aromatic heterocycles. The van der Waals surface area contributed by atoms with E-state index in [0.717, 1.165) is 0 Å². The lowest BCUT2D eigenvalue weighted by Gasteiger charge is -2.08. The molecule has 1 aromatic rings. The zero-order valence-corrected chi connectivity index (χ0v) is 9.33. The van der Waals surface area contributed by atoms with Gasteiger partial charge in [-0.3, -0.25) is 9.59 Å². The molecule has 0 bridgehead atoms. The molecule has 3 N–H and O–H groups in total. The third-order valence-electron chi connectivity index (χ3n) is 2.15. The first-order valence-electron chi connectivity index (χ1n) is 4.94. The minimum Gasteiger partial charge on any atom is -0.496 e. The zero-order valence-electron chi connectivity index (χ0n) is 9.33. The van der Waals surface area contributed by atoms with E-state index >= 15 is 0 Å². The van der Waals surface area contributed by atoms with Crippen LogP contribution in [0.15, 0.2) is 18.2 Å². The smallest absolute Gasteiger partial charge is 0.309 e. The molecule has 1 rings (SSSR count). The van der Waals surface area contributed by atoms with Crippen molar-refractivity contribution >= 4 is 11.8 Å². The number of halogens is 1. The number of amides is 2. The van der Waals surface area contributed by atoms with Crippen LogP contribution in [-0.4, -0.2) is 25.5 Å². The summed E-state index contributed by atoms with van der Waals surface area (Å²) < 4.78 is 18.0. The average molecular weight is 240 g/mol. The van der Waals surface area contributed by atoms with E-state index in [1.54, 1.807) is 0 Å². The molecule has 0 spiro atoms. The predicted octanol–water partition coefficient (Wildman–Crippen LogP) is -0.0217. The molecule has 2 amide bonds. The Morgan fingerprint density at radius 3 is 2.76 bits per heavy atom. The molecule has 0 radical (unpaired) electrons. The van der Waals surface area contributed by atoms with Gasteiger partial charge in [0.15, 0.2) is 0 Å². The van der Waals surface area contributed by atoms with Crippen molar-refractivity contribution in [3.8, 4) is 5.75 Å². The topological polar surface area (TPSA) is 81.4 Å². The van der Waals surface area contributed by atoms with Crippen molar-refractivity contribution in [1.29, 1.82) is 0 Å². The first kappa shape index (κ1) is 13.0. The van der Waals surface area contributed by atoms with Crippen molar-refractivity contribution in [2.24, 2.45) is 5.73 Å². The second kappa shape index (κ2) is 5.83. The maximum absolute atomic E-state index is 13.0. The molecule has 0 atom stereocenters. The Labute approximate surface area is 97.7 Å². The van der Waals surface area contributed by atoms with Crippen molar-refractivity contribution < 1.29 is 18.7 Å². The quantitative estimate of drug-likeness (QED) is 0.725. The third-order valence-corrected chi connectivity index (χ3v) is 2.15. The molecule has 1 aromatic carbocycles. The Hall–Kier alpha value is -2.11. The summed E-state index contributed by atoms with van der Waals surface area (Å²) in [5.74, 6) is -1.77. The fourth-order valence-electron chi connectivity index (χ4n) is 1.34. The van der Waals surface area contributed by atoms with Crippen LogP contribution in [0.3, 0.4) is 0 Å². The van der Waals surface area contributed by atoms with Crippen LogP contribution in [0.2, 0.25) is 0 Å².